The van der Waals surface area contributed by atoms with Gasteiger partial charge in [0.05, 0.1) is 18.8 Å². The Bertz CT molecular complexity index is 583. The van der Waals surface area contributed by atoms with Crippen LogP contribution in [0.4, 0.5) is 0 Å². The van der Waals surface area contributed by atoms with Crippen LogP contribution in [-0.4, -0.2) is 84.4 Å². The number of likely N-dealkylation sites (tertiary alicyclic amines) is 2. The SMILES string of the molecule is CCOCCN1CCC[C@]2(CO)CCN(C(=O)c3ccsc3)C[C@@H]12.O=CO. The van der Waals surface area contributed by atoms with Gasteiger partial charge >= 0.3 is 0 Å². The normalized spacial score (nSPS) is 25.3. The van der Waals surface area contributed by atoms with E-state index in [4.69, 9.17) is 14.6 Å². The van der Waals surface area contributed by atoms with E-state index in [1.165, 1.54) is 0 Å². The molecule has 1 amide bonds. The van der Waals surface area contributed by atoms with Crippen molar-refractivity contribution in [2.24, 2.45) is 5.41 Å². The van der Waals surface area contributed by atoms with Crippen LogP contribution in [0.2, 0.25) is 0 Å². The summed E-state index contributed by atoms with van der Waals surface area (Å²) in [7, 11) is 0. The molecule has 0 spiro atoms. The summed E-state index contributed by atoms with van der Waals surface area (Å²) in [6.07, 6.45) is 3.05. The van der Waals surface area contributed by atoms with E-state index in [1.807, 2.05) is 28.7 Å². The standard InChI is InChI=1S/C18H28N2O3S.CH2O2/c1-2-23-10-9-19-7-3-5-18(14-21)6-8-20(12-16(18)19)17(22)15-4-11-24-13-15;2-1-3/h4,11,13,16,21H,2-3,5-10,12,14H2,1H3;1H,(H,2,3)/t16-,18-;/m1./s1. The van der Waals surface area contributed by atoms with Crippen LogP contribution in [0.3, 0.4) is 0 Å². The highest BCUT2D eigenvalue weighted by molar-refractivity contribution is 7.08. The van der Waals surface area contributed by atoms with E-state index < -0.39 is 0 Å². The highest BCUT2D eigenvalue weighted by Gasteiger charge is 2.48. The molecule has 27 heavy (non-hydrogen) atoms. The monoisotopic (exact) mass is 398 g/mol. The van der Waals surface area contributed by atoms with Gasteiger partial charge in [-0.15, -0.1) is 0 Å². The number of rotatable bonds is 6. The Morgan fingerprint density at radius 2 is 2.22 bits per heavy atom. The molecule has 2 fully saturated rings. The molecule has 3 heterocycles. The minimum absolute atomic E-state index is 0.0596. The van der Waals surface area contributed by atoms with Crippen LogP contribution in [-0.2, 0) is 9.53 Å². The number of aliphatic hydroxyl groups is 1. The summed E-state index contributed by atoms with van der Waals surface area (Å²) in [4.78, 5) is 25.5. The fraction of sp³-hybridized carbons (Fsp3) is 0.684. The fourth-order valence-electron chi connectivity index (χ4n) is 4.21. The van der Waals surface area contributed by atoms with E-state index in [0.29, 0.717) is 13.2 Å². The molecule has 0 radical (unpaired) electrons. The van der Waals surface area contributed by atoms with Crippen molar-refractivity contribution in [1.82, 2.24) is 9.80 Å². The number of carbonyl (C=O) groups is 2. The van der Waals surface area contributed by atoms with Crippen LogP contribution in [0.1, 0.15) is 36.5 Å². The third kappa shape index (κ3) is 5.28. The molecule has 2 N–H and O–H groups in total. The van der Waals surface area contributed by atoms with Crippen molar-refractivity contribution in [1.29, 1.82) is 0 Å². The lowest BCUT2D eigenvalue weighted by molar-refractivity contribution is -0.122. The molecule has 2 aliphatic rings. The summed E-state index contributed by atoms with van der Waals surface area (Å²) < 4.78 is 5.53. The van der Waals surface area contributed by atoms with Crippen LogP contribution in [0, 0.1) is 5.41 Å². The lowest BCUT2D eigenvalue weighted by Gasteiger charge is -2.54. The molecule has 0 unspecified atom stereocenters. The van der Waals surface area contributed by atoms with Crippen LogP contribution < -0.4 is 0 Å². The van der Waals surface area contributed by atoms with Crippen molar-refractivity contribution >= 4 is 23.7 Å². The maximum atomic E-state index is 12.7. The maximum Gasteiger partial charge on any atom is 0.290 e. The first-order chi connectivity index (χ1) is 13.1. The Morgan fingerprint density at radius 1 is 1.44 bits per heavy atom. The van der Waals surface area contributed by atoms with Gasteiger partial charge in [-0.2, -0.15) is 11.3 Å². The smallest absolute Gasteiger partial charge is 0.290 e. The quantitative estimate of drug-likeness (QED) is 0.561. The molecule has 2 saturated heterocycles. The minimum Gasteiger partial charge on any atom is -0.483 e. The second kappa shape index (κ2) is 10.8. The largest absolute Gasteiger partial charge is 0.483 e. The Labute approximate surface area is 164 Å². The first kappa shape index (κ1) is 21.8. The minimum atomic E-state index is -0.250. The Balaban J connectivity index is 0.000000817. The van der Waals surface area contributed by atoms with Crippen molar-refractivity contribution in [2.45, 2.75) is 32.2 Å². The van der Waals surface area contributed by atoms with E-state index in [1.54, 1.807) is 11.3 Å². The summed E-state index contributed by atoms with van der Waals surface area (Å²) in [5.74, 6) is 0.123. The van der Waals surface area contributed by atoms with Gasteiger partial charge in [-0.25, -0.2) is 0 Å². The third-order valence-electron chi connectivity index (χ3n) is 5.64. The maximum absolute atomic E-state index is 12.7. The van der Waals surface area contributed by atoms with Gasteiger partial charge in [-0.1, -0.05) is 0 Å². The fourth-order valence-corrected chi connectivity index (χ4v) is 4.84. The first-order valence-corrected chi connectivity index (χ1v) is 10.4. The van der Waals surface area contributed by atoms with Gasteiger partial charge in [-0.05, 0) is 44.2 Å². The number of carbonyl (C=O) groups excluding carboxylic acids is 1. The van der Waals surface area contributed by atoms with Gasteiger partial charge in [0.1, 0.15) is 0 Å². The van der Waals surface area contributed by atoms with E-state index in [9.17, 15) is 9.90 Å². The third-order valence-corrected chi connectivity index (χ3v) is 6.32. The van der Waals surface area contributed by atoms with E-state index in [0.717, 1.165) is 51.1 Å². The average Bonchev–Trinajstić information content (AvgIpc) is 3.23. The molecule has 0 aliphatic carbocycles. The van der Waals surface area contributed by atoms with Crippen molar-refractivity contribution in [3.63, 3.8) is 0 Å². The van der Waals surface area contributed by atoms with Crippen LogP contribution in [0.5, 0.6) is 0 Å². The Morgan fingerprint density at radius 3 is 2.85 bits per heavy atom. The summed E-state index contributed by atoms with van der Waals surface area (Å²) in [5, 5.41) is 20.9. The second-order valence-corrected chi connectivity index (χ2v) is 7.77. The molecular weight excluding hydrogens is 368 g/mol. The van der Waals surface area contributed by atoms with Crippen LogP contribution in [0.15, 0.2) is 16.8 Å². The average molecular weight is 399 g/mol. The number of amides is 1. The molecular formula is C19H30N2O5S. The number of piperidine rings is 2. The summed E-state index contributed by atoms with van der Waals surface area (Å²) in [6, 6.07) is 2.13. The number of nitrogens with zero attached hydrogens (tertiary/aromatic N) is 2. The van der Waals surface area contributed by atoms with Crippen molar-refractivity contribution < 1.29 is 24.5 Å². The lowest BCUT2D eigenvalue weighted by Crippen LogP contribution is -2.63. The lowest BCUT2D eigenvalue weighted by atomic mass is 9.69. The zero-order valence-electron chi connectivity index (χ0n) is 15.9. The molecule has 2 aliphatic heterocycles. The Kier molecular flexibility index (Phi) is 8.69. The molecule has 2 atom stereocenters. The number of carboxylic acid groups (broad SMARTS) is 1. The highest BCUT2D eigenvalue weighted by atomic mass is 32.1. The van der Waals surface area contributed by atoms with E-state index in [2.05, 4.69) is 4.90 Å². The highest BCUT2D eigenvalue weighted by Crippen LogP contribution is 2.42. The number of hydrogen-bond donors (Lipinski definition) is 2. The van der Waals surface area contributed by atoms with Gasteiger partial charge < -0.3 is 19.8 Å². The van der Waals surface area contributed by atoms with Crippen LogP contribution in [0.25, 0.3) is 0 Å². The molecule has 152 valence electrons. The van der Waals surface area contributed by atoms with Gasteiger partial charge in [-0.3, -0.25) is 14.5 Å². The topological polar surface area (TPSA) is 90.3 Å². The van der Waals surface area contributed by atoms with Gasteiger partial charge in [0.15, 0.2) is 0 Å². The summed E-state index contributed by atoms with van der Waals surface area (Å²) in [5.41, 5.74) is 0.726. The van der Waals surface area contributed by atoms with Crippen molar-refractivity contribution in [3.8, 4) is 0 Å². The zero-order chi connectivity index (χ0) is 19.7. The number of aliphatic hydroxyl groups excluding tert-OH is 1. The molecule has 1 aromatic rings. The first-order valence-electron chi connectivity index (χ1n) is 9.44. The molecule has 0 saturated carbocycles. The molecule has 0 aromatic carbocycles. The van der Waals surface area contributed by atoms with Gasteiger partial charge in [0.25, 0.3) is 12.4 Å². The van der Waals surface area contributed by atoms with Crippen molar-refractivity contribution in [2.75, 3.05) is 46.0 Å². The van der Waals surface area contributed by atoms with E-state index >= 15 is 0 Å². The number of thiophene rings is 1. The summed E-state index contributed by atoms with van der Waals surface area (Å²) >= 11 is 1.56. The number of fused-ring (bicyclic) bond motifs is 1. The van der Waals surface area contributed by atoms with Gasteiger partial charge in [0, 0.05) is 43.1 Å². The molecule has 0 bridgehead atoms. The predicted octanol–water partition coefficient (Wildman–Crippen LogP) is 1.77. The Hall–Kier alpha value is -1.48. The van der Waals surface area contributed by atoms with E-state index in [-0.39, 0.29) is 30.4 Å². The molecule has 1 aromatic heterocycles. The molecule has 7 nitrogen and oxygen atoms in total. The predicted molar refractivity (Wildman–Crippen MR) is 104 cm³/mol. The second-order valence-electron chi connectivity index (χ2n) is 6.99. The summed E-state index contributed by atoms with van der Waals surface area (Å²) in [6.45, 7) is 6.77. The van der Waals surface area contributed by atoms with Gasteiger partial charge in [0.2, 0.25) is 0 Å². The molecule has 3 rings (SSSR count). The number of ether oxygens (including phenoxy) is 1. The van der Waals surface area contributed by atoms with Crippen LogP contribution >= 0.6 is 11.3 Å². The number of hydrogen-bond acceptors (Lipinski definition) is 6. The van der Waals surface area contributed by atoms with Crippen molar-refractivity contribution in [3.05, 3.63) is 22.4 Å². The molecule has 8 heteroatoms. The zero-order valence-corrected chi connectivity index (χ0v) is 16.7.